The Morgan fingerprint density at radius 1 is 0.675 bits per heavy atom. The Balaban J connectivity index is 3.49. The van der Waals surface area contributed by atoms with Crippen LogP contribution in [0.15, 0.2) is 21.8 Å². The monoisotopic (exact) mass is 604 g/mol. The highest BCUT2D eigenvalue weighted by Crippen LogP contribution is 2.44. The van der Waals surface area contributed by atoms with Crippen LogP contribution in [-0.4, -0.2) is 58.0 Å². The van der Waals surface area contributed by atoms with E-state index >= 15 is 0 Å². The zero-order valence-electron chi connectivity index (χ0n) is 23.9. The molecule has 0 bridgehead atoms. The van der Waals surface area contributed by atoms with Crippen molar-refractivity contribution in [1.29, 1.82) is 0 Å². The van der Waals surface area contributed by atoms with Crippen molar-refractivity contribution in [1.82, 2.24) is 0 Å². The Hall–Kier alpha value is -2.60. The molecule has 0 atom stereocenters. The van der Waals surface area contributed by atoms with E-state index in [2.05, 4.69) is 20.4 Å². The number of benzene rings is 1. The SMILES string of the molecule is C=CS(=O)(=O)c1c(O)c(C(=O)OCCCCCCCC)c(S(=O)(=O)CC)c(O)c1C(=O)OCCCCCCCC. The molecule has 2 N–H and O–H groups in total. The van der Waals surface area contributed by atoms with Crippen molar-refractivity contribution in [2.45, 2.75) is 108 Å². The summed E-state index contributed by atoms with van der Waals surface area (Å²) < 4.78 is 62.0. The third kappa shape index (κ3) is 9.79. The molecule has 1 rings (SSSR count). The molecule has 0 heterocycles. The van der Waals surface area contributed by atoms with Crippen LogP contribution in [0.25, 0.3) is 0 Å². The number of ether oxygens (including phenoxy) is 2. The molecule has 1 aromatic carbocycles. The van der Waals surface area contributed by atoms with Gasteiger partial charge in [-0.05, 0) is 12.8 Å². The third-order valence-corrected chi connectivity index (χ3v) is 9.61. The summed E-state index contributed by atoms with van der Waals surface area (Å²) in [5.41, 5.74) is -2.14. The fraction of sp³-hybridized carbons (Fsp3) is 0.643. The van der Waals surface area contributed by atoms with Crippen molar-refractivity contribution in [2.24, 2.45) is 0 Å². The van der Waals surface area contributed by atoms with Gasteiger partial charge in [0.25, 0.3) is 0 Å². The van der Waals surface area contributed by atoms with Crippen LogP contribution in [-0.2, 0) is 29.1 Å². The molecule has 0 radical (unpaired) electrons. The quantitative estimate of drug-likeness (QED) is 0.105. The lowest BCUT2D eigenvalue weighted by Crippen LogP contribution is -2.20. The van der Waals surface area contributed by atoms with E-state index in [1.807, 2.05) is 0 Å². The Morgan fingerprint density at radius 3 is 1.45 bits per heavy atom. The maximum absolute atomic E-state index is 13.0. The van der Waals surface area contributed by atoms with Gasteiger partial charge in [-0.15, -0.1) is 0 Å². The standard InChI is InChI=1S/C28H44O10S2/c1-5-9-11-13-15-17-19-37-27(31)21-23(29)26(40(35,36)8-4)22(24(30)25(21)39(33,34)7-3)28(32)38-20-18-16-14-12-10-6-2/h7,29-30H,3,5-6,8-20H2,1-2,4H3. The molecule has 0 aliphatic heterocycles. The predicted molar refractivity (Wildman–Crippen MR) is 152 cm³/mol. The minimum atomic E-state index is -4.69. The first-order valence-electron chi connectivity index (χ1n) is 14.0. The van der Waals surface area contributed by atoms with Gasteiger partial charge in [0.05, 0.1) is 19.0 Å². The number of phenolic OH excluding ortho intramolecular Hbond substituents is 2. The lowest BCUT2D eigenvalue weighted by molar-refractivity contribution is 0.0467. The second-order valence-electron chi connectivity index (χ2n) is 9.53. The first-order chi connectivity index (χ1) is 18.9. The minimum absolute atomic E-state index is 0.123. The molecule has 0 amide bonds. The van der Waals surface area contributed by atoms with Crippen LogP contribution in [0.4, 0.5) is 0 Å². The lowest BCUT2D eigenvalue weighted by Gasteiger charge is -2.19. The summed E-state index contributed by atoms with van der Waals surface area (Å²) in [6, 6.07) is 0. The summed E-state index contributed by atoms with van der Waals surface area (Å²) in [4.78, 5) is 23.8. The molecule has 10 nitrogen and oxygen atoms in total. The summed E-state index contributed by atoms with van der Waals surface area (Å²) in [6.45, 7) is 8.30. The van der Waals surface area contributed by atoms with Crippen LogP contribution in [0.2, 0.25) is 0 Å². The first kappa shape index (κ1) is 35.4. The number of aromatic hydroxyl groups is 2. The molecule has 12 heteroatoms. The zero-order valence-corrected chi connectivity index (χ0v) is 25.5. The molecule has 0 fully saturated rings. The summed E-state index contributed by atoms with van der Waals surface area (Å²) in [5.74, 6) is -5.97. The van der Waals surface area contributed by atoms with Crippen molar-refractivity contribution in [3.8, 4) is 11.5 Å². The van der Waals surface area contributed by atoms with Crippen molar-refractivity contribution in [2.75, 3.05) is 19.0 Å². The smallest absolute Gasteiger partial charge is 0.343 e. The topological polar surface area (TPSA) is 161 Å². The van der Waals surface area contributed by atoms with Crippen molar-refractivity contribution in [3.63, 3.8) is 0 Å². The molecule has 0 aliphatic carbocycles. The van der Waals surface area contributed by atoms with Crippen LogP contribution in [0, 0.1) is 0 Å². The van der Waals surface area contributed by atoms with Gasteiger partial charge in [0.15, 0.2) is 21.3 Å². The van der Waals surface area contributed by atoms with Gasteiger partial charge in [0.2, 0.25) is 9.84 Å². The number of unbranched alkanes of at least 4 members (excludes halogenated alkanes) is 10. The van der Waals surface area contributed by atoms with Crippen LogP contribution in [0.3, 0.4) is 0 Å². The minimum Gasteiger partial charge on any atom is -0.506 e. The van der Waals surface area contributed by atoms with E-state index in [1.165, 1.54) is 6.92 Å². The highest BCUT2D eigenvalue weighted by molar-refractivity contribution is 7.94. The fourth-order valence-corrected chi connectivity index (χ4v) is 6.28. The van der Waals surface area contributed by atoms with Crippen molar-refractivity contribution >= 4 is 31.6 Å². The van der Waals surface area contributed by atoms with Crippen LogP contribution in [0.5, 0.6) is 11.5 Å². The first-order valence-corrected chi connectivity index (χ1v) is 17.2. The molecular weight excluding hydrogens is 560 g/mol. The third-order valence-electron chi connectivity index (χ3n) is 6.42. The average molecular weight is 605 g/mol. The summed E-state index contributed by atoms with van der Waals surface area (Å²) in [6.07, 6.45) is 10.5. The lowest BCUT2D eigenvalue weighted by atomic mass is 10.1. The van der Waals surface area contributed by atoms with E-state index in [-0.39, 0.29) is 13.2 Å². The molecular formula is C28H44O10S2. The van der Waals surface area contributed by atoms with E-state index in [1.54, 1.807) is 0 Å². The Bertz CT molecular complexity index is 1220. The number of carbonyl (C=O) groups is 2. The highest BCUT2D eigenvalue weighted by atomic mass is 32.2. The Kier molecular flexibility index (Phi) is 15.3. The molecule has 0 aliphatic rings. The number of hydrogen-bond donors (Lipinski definition) is 2. The Morgan fingerprint density at radius 2 is 1.05 bits per heavy atom. The Labute approximate surface area is 238 Å². The van der Waals surface area contributed by atoms with Gasteiger partial charge in [-0.2, -0.15) is 0 Å². The van der Waals surface area contributed by atoms with Gasteiger partial charge in [0, 0.05) is 5.41 Å². The highest BCUT2D eigenvalue weighted by Gasteiger charge is 2.40. The predicted octanol–water partition coefficient (Wildman–Crippen LogP) is 5.84. The fourth-order valence-electron chi connectivity index (χ4n) is 4.10. The van der Waals surface area contributed by atoms with Gasteiger partial charge < -0.3 is 19.7 Å². The molecule has 0 aromatic heterocycles. The molecule has 0 spiro atoms. The summed E-state index contributed by atoms with van der Waals surface area (Å²) in [5, 5.41) is 22.4. The van der Waals surface area contributed by atoms with Gasteiger partial charge in [0.1, 0.15) is 20.9 Å². The van der Waals surface area contributed by atoms with E-state index < -0.39 is 69.8 Å². The van der Waals surface area contributed by atoms with Gasteiger partial charge in [-0.1, -0.05) is 91.6 Å². The molecule has 40 heavy (non-hydrogen) atoms. The molecule has 228 valence electrons. The van der Waals surface area contributed by atoms with Gasteiger partial charge in [-0.3, -0.25) is 0 Å². The average Bonchev–Trinajstić information content (AvgIpc) is 2.92. The normalized spacial score (nSPS) is 11.8. The number of esters is 2. The van der Waals surface area contributed by atoms with E-state index in [9.17, 15) is 36.6 Å². The zero-order chi connectivity index (χ0) is 30.3. The van der Waals surface area contributed by atoms with Crippen LogP contribution >= 0.6 is 0 Å². The summed E-state index contributed by atoms with van der Waals surface area (Å²) in [7, 11) is -9.16. The maximum atomic E-state index is 13.0. The van der Waals surface area contributed by atoms with Crippen molar-refractivity contribution < 1.29 is 46.1 Å². The molecule has 0 unspecified atom stereocenters. The van der Waals surface area contributed by atoms with Gasteiger partial charge in [-0.25, -0.2) is 26.4 Å². The van der Waals surface area contributed by atoms with Crippen molar-refractivity contribution in [3.05, 3.63) is 23.1 Å². The van der Waals surface area contributed by atoms with E-state index in [4.69, 9.17) is 9.47 Å². The van der Waals surface area contributed by atoms with Crippen LogP contribution in [0.1, 0.15) is 119 Å². The summed E-state index contributed by atoms with van der Waals surface area (Å²) >= 11 is 0. The molecule has 0 saturated heterocycles. The number of rotatable bonds is 20. The van der Waals surface area contributed by atoms with Gasteiger partial charge >= 0.3 is 11.9 Å². The maximum Gasteiger partial charge on any atom is 0.343 e. The largest absolute Gasteiger partial charge is 0.506 e. The number of hydrogen-bond acceptors (Lipinski definition) is 10. The number of phenols is 2. The molecule has 0 saturated carbocycles. The second kappa shape index (κ2) is 17.3. The second-order valence-corrected chi connectivity index (χ2v) is 13.6. The van der Waals surface area contributed by atoms with E-state index in [0.29, 0.717) is 18.2 Å². The number of sulfone groups is 2. The van der Waals surface area contributed by atoms with E-state index in [0.717, 1.165) is 64.2 Å². The van der Waals surface area contributed by atoms with Crippen LogP contribution < -0.4 is 0 Å². The number of carbonyl (C=O) groups excluding carboxylic acids is 2. The molecule has 1 aromatic rings.